The highest BCUT2D eigenvalue weighted by molar-refractivity contribution is 6.31. The average molecular weight is 297 g/mol. The van der Waals surface area contributed by atoms with E-state index in [9.17, 15) is 0 Å². The molecule has 1 N–H and O–H groups in total. The molecule has 1 saturated heterocycles. The molecule has 5 heteroatoms. The molecule has 2 rings (SSSR count). The number of hydrogen-bond donors (Lipinski definition) is 1. The molecule has 1 aliphatic heterocycles. The molecule has 0 radical (unpaired) electrons. The fourth-order valence-corrected chi connectivity index (χ4v) is 2.64. The third-order valence-electron chi connectivity index (χ3n) is 4.13. The van der Waals surface area contributed by atoms with E-state index in [-0.39, 0.29) is 5.54 Å². The lowest BCUT2D eigenvalue weighted by atomic mass is 10.00. The second-order valence-electron chi connectivity index (χ2n) is 6.07. The first-order valence-electron chi connectivity index (χ1n) is 7.25. The van der Waals surface area contributed by atoms with Crippen molar-refractivity contribution in [3.63, 3.8) is 0 Å². The van der Waals surface area contributed by atoms with Gasteiger partial charge >= 0.3 is 0 Å². The normalized spacial score (nSPS) is 19.4. The number of anilines is 1. The smallest absolute Gasteiger partial charge is 0.129 e. The summed E-state index contributed by atoms with van der Waals surface area (Å²) in [5.74, 6) is 1.03. The summed E-state index contributed by atoms with van der Waals surface area (Å²) in [4.78, 5) is 9.26. The number of halogens is 1. The quantitative estimate of drug-likeness (QED) is 0.924. The molecule has 2 heterocycles. The molecule has 0 amide bonds. The van der Waals surface area contributed by atoms with Crippen molar-refractivity contribution in [1.82, 2.24) is 15.2 Å². The van der Waals surface area contributed by atoms with Crippen molar-refractivity contribution in [2.75, 3.05) is 38.1 Å². The van der Waals surface area contributed by atoms with E-state index in [0.717, 1.165) is 49.1 Å². The molecule has 0 aromatic carbocycles. The Balaban J connectivity index is 2.16. The Morgan fingerprint density at radius 1 is 1.40 bits per heavy atom. The molecule has 0 unspecified atom stereocenters. The Kier molecular flexibility index (Phi) is 4.89. The number of rotatable bonds is 4. The lowest BCUT2D eigenvalue weighted by molar-refractivity contribution is 0.138. The van der Waals surface area contributed by atoms with E-state index in [1.165, 1.54) is 0 Å². The largest absolute Gasteiger partial charge is 0.353 e. The van der Waals surface area contributed by atoms with Crippen LogP contribution in [-0.2, 0) is 6.54 Å². The molecule has 1 aromatic rings. The summed E-state index contributed by atoms with van der Waals surface area (Å²) in [6.45, 7) is 11.4. The number of likely N-dealkylation sites (N-methyl/N-ethyl adjacent to an activating group) is 1. The maximum atomic E-state index is 6.22. The topological polar surface area (TPSA) is 31.4 Å². The highest BCUT2D eigenvalue weighted by Gasteiger charge is 2.31. The second-order valence-corrected chi connectivity index (χ2v) is 6.48. The van der Waals surface area contributed by atoms with E-state index in [4.69, 9.17) is 11.6 Å². The number of piperazine rings is 1. The van der Waals surface area contributed by atoms with Gasteiger partial charge in [-0.15, -0.1) is 0 Å². The van der Waals surface area contributed by atoms with Gasteiger partial charge in [0.1, 0.15) is 5.82 Å². The van der Waals surface area contributed by atoms with Gasteiger partial charge in [0.25, 0.3) is 0 Å². The molecule has 1 aromatic heterocycles. The van der Waals surface area contributed by atoms with Crippen molar-refractivity contribution in [2.24, 2.45) is 0 Å². The summed E-state index contributed by atoms with van der Waals surface area (Å²) in [5.41, 5.74) is 1.29. The Morgan fingerprint density at radius 3 is 2.80 bits per heavy atom. The lowest BCUT2D eigenvalue weighted by Gasteiger charge is -2.45. The van der Waals surface area contributed by atoms with Crippen LogP contribution in [0.15, 0.2) is 12.3 Å². The Morgan fingerprint density at radius 2 is 2.15 bits per heavy atom. The Hall–Kier alpha value is -0.840. The first-order chi connectivity index (χ1) is 9.44. The highest BCUT2D eigenvalue weighted by Crippen LogP contribution is 2.25. The van der Waals surface area contributed by atoms with Crippen molar-refractivity contribution in [1.29, 1.82) is 0 Å². The van der Waals surface area contributed by atoms with Gasteiger partial charge in [-0.05, 0) is 39.1 Å². The third-order valence-corrected chi connectivity index (χ3v) is 4.47. The van der Waals surface area contributed by atoms with Crippen LogP contribution in [0.4, 0.5) is 5.82 Å². The summed E-state index contributed by atoms with van der Waals surface area (Å²) in [5, 5.41) is 4.06. The van der Waals surface area contributed by atoms with Crippen LogP contribution >= 0.6 is 11.6 Å². The van der Waals surface area contributed by atoms with Crippen LogP contribution in [0.25, 0.3) is 0 Å². The lowest BCUT2D eigenvalue weighted by Crippen LogP contribution is -2.57. The van der Waals surface area contributed by atoms with Crippen molar-refractivity contribution < 1.29 is 0 Å². The fraction of sp³-hybridized carbons (Fsp3) is 0.667. The minimum absolute atomic E-state index is 0.168. The summed E-state index contributed by atoms with van der Waals surface area (Å²) in [7, 11) is 2.18. The zero-order valence-electron chi connectivity index (χ0n) is 12.9. The first-order valence-corrected chi connectivity index (χ1v) is 7.63. The average Bonchev–Trinajstić information content (AvgIpc) is 2.41. The Labute approximate surface area is 127 Å². The predicted octanol–water partition coefficient (Wildman–Crippen LogP) is 2.37. The zero-order valence-corrected chi connectivity index (χ0v) is 13.7. The van der Waals surface area contributed by atoms with Crippen molar-refractivity contribution >= 4 is 17.4 Å². The van der Waals surface area contributed by atoms with Crippen LogP contribution in [0.2, 0.25) is 5.02 Å². The van der Waals surface area contributed by atoms with E-state index in [1.54, 1.807) is 6.20 Å². The van der Waals surface area contributed by atoms with Gasteiger partial charge in [0.2, 0.25) is 0 Å². The molecule has 4 nitrogen and oxygen atoms in total. The number of hydrogen-bond acceptors (Lipinski definition) is 4. The summed E-state index contributed by atoms with van der Waals surface area (Å²) >= 11 is 6.22. The molecule has 0 aliphatic carbocycles. The van der Waals surface area contributed by atoms with Gasteiger partial charge in [0.15, 0.2) is 0 Å². The van der Waals surface area contributed by atoms with Crippen molar-refractivity contribution in [3.8, 4) is 0 Å². The van der Waals surface area contributed by atoms with Gasteiger partial charge in [0.05, 0.1) is 5.02 Å². The number of nitrogens with zero attached hydrogens (tertiary/aromatic N) is 3. The molecule has 0 saturated carbocycles. The van der Waals surface area contributed by atoms with E-state index >= 15 is 0 Å². The summed E-state index contributed by atoms with van der Waals surface area (Å²) in [6.07, 6.45) is 1.77. The van der Waals surface area contributed by atoms with Crippen LogP contribution in [-0.4, -0.2) is 48.6 Å². The molecule has 0 bridgehead atoms. The summed E-state index contributed by atoms with van der Waals surface area (Å²) < 4.78 is 0. The van der Waals surface area contributed by atoms with E-state index < -0.39 is 0 Å². The van der Waals surface area contributed by atoms with Crippen LogP contribution in [0.5, 0.6) is 0 Å². The molecular formula is C15H25ClN4. The highest BCUT2D eigenvalue weighted by atomic mass is 35.5. The van der Waals surface area contributed by atoms with Gasteiger partial charge in [-0.2, -0.15) is 0 Å². The molecule has 0 spiro atoms. The van der Waals surface area contributed by atoms with Gasteiger partial charge in [-0.1, -0.05) is 18.5 Å². The summed E-state index contributed by atoms with van der Waals surface area (Å²) in [6, 6.07) is 2.12. The zero-order chi connectivity index (χ0) is 14.8. The van der Waals surface area contributed by atoms with Crippen molar-refractivity contribution in [2.45, 2.75) is 32.9 Å². The number of pyridine rings is 1. The van der Waals surface area contributed by atoms with Gasteiger partial charge in [0, 0.05) is 37.9 Å². The van der Waals surface area contributed by atoms with Crippen LogP contribution < -0.4 is 10.2 Å². The van der Waals surface area contributed by atoms with Gasteiger partial charge in [-0.25, -0.2) is 4.98 Å². The van der Waals surface area contributed by atoms with Crippen LogP contribution in [0, 0.1) is 0 Å². The van der Waals surface area contributed by atoms with Crippen molar-refractivity contribution in [3.05, 3.63) is 22.8 Å². The molecule has 20 heavy (non-hydrogen) atoms. The van der Waals surface area contributed by atoms with E-state index in [1.807, 2.05) is 0 Å². The molecule has 1 aliphatic rings. The predicted molar refractivity (Wildman–Crippen MR) is 85.5 cm³/mol. The standard InChI is InChI=1S/C15H25ClN4/c1-5-17-9-12-8-14(18-10-13(12)16)20-7-6-19(4)15(2,3)11-20/h8,10,17H,5-7,9,11H2,1-4H3. The Bertz CT molecular complexity index is 461. The van der Waals surface area contributed by atoms with E-state index in [0.29, 0.717) is 0 Å². The number of aromatic nitrogens is 1. The third kappa shape index (κ3) is 3.43. The van der Waals surface area contributed by atoms with Gasteiger partial charge in [-0.3, -0.25) is 4.90 Å². The SMILES string of the molecule is CCNCc1cc(N2CCN(C)C(C)(C)C2)ncc1Cl. The first kappa shape index (κ1) is 15.5. The molecule has 0 atom stereocenters. The monoisotopic (exact) mass is 296 g/mol. The molecule has 1 fully saturated rings. The molecule has 112 valence electrons. The van der Waals surface area contributed by atoms with Gasteiger partial charge < -0.3 is 10.2 Å². The minimum atomic E-state index is 0.168. The second kappa shape index (κ2) is 6.29. The maximum Gasteiger partial charge on any atom is 0.129 e. The number of nitrogens with one attached hydrogen (secondary N) is 1. The fourth-order valence-electron chi connectivity index (χ4n) is 2.47. The van der Waals surface area contributed by atoms with Crippen LogP contribution in [0.1, 0.15) is 26.3 Å². The maximum absolute atomic E-state index is 6.22. The van der Waals surface area contributed by atoms with Crippen LogP contribution in [0.3, 0.4) is 0 Å². The minimum Gasteiger partial charge on any atom is -0.353 e. The van der Waals surface area contributed by atoms with E-state index in [2.05, 4.69) is 54.0 Å². The molecular weight excluding hydrogens is 272 g/mol.